The van der Waals surface area contributed by atoms with E-state index in [9.17, 15) is 0 Å². The first-order valence-corrected chi connectivity index (χ1v) is 5.02. The maximum absolute atomic E-state index is 5.22. The van der Waals surface area contributed by atoms with Crippen LogP contribution in [0.25, 0.3) is 0 Å². The van der Waals surface area contributed by atoms with E-state index in [2.05, 4.69) is 12.1 Å². The number of rotatable bonds is 5. The predicted molar refractivity (Wildman–Crippen MR) is 66.5 cm³/mol. The van der Waals surface area contributed by atoms with Crippen molar-refractivity contribution in [2.24, 2.45) is 5.16 Å². The summed E-state index contributed by atoms with van der Waals surface area (Å²) in [5.74, 6) is 0. The second-order valence-corrected chi connectivity index (χ2v) is 3.34. The Balaban J connectivity index is 0.00000196. The summed E-state index contributed by atoms with van der Waals surface area (Å²) >= 11 is 0. The monoisotopic (exact) mass is 227 g/mol. The summed E-state index contributed by atoms with van der Waals surface area (Å²) < 4.78 is 0. The van der Waals surface area contributed by atoms with Crippen LogP contribution in [0, 0.1) is 0 Å². The summed E-state index contributed by atoms with van der Waals surface area (Å²) in [5, 5.41) is 4.03. The molecule has 2 nitrogen and oxygen atoms in total. The average Bonchev–Trinajstić information content (AvgIpc) is 2.20. The number of halogens is 1. The molecule has 0 N–H and O–H groups in total. The number of hydrogen-bond donors (Lipinski definition) is 0. The molecule has 0 amide bonds. The van der Waals surface area contributed by atoms with Gasteiger partial charge in [0.05, 0.1) is 5.71 Å². The normalized spacial score (nSPS) is 10.7. The smallest absolute Gasteiger partial charge is 0.142 e. The van der Waals surface area contributed by atoms with Crippen molar-refractivity contribution >= 4 is 18.1 Å². The maximum atomic E-state index is 5.22. The lowest BCUT2D eigenvalue weighted by molar-refractivity contribution is 0.129. The van der Waals surface area contributed by atoms with Crippen LogP contribution in [-0.2, 0) is 11.4 Å². The van der Waals surface area contributed by atoms with E-state index in [1.807, 2.05) is 37.3 Å². The molecule has 0 aliphatic carbocycles. The van der Waals surface area contributed by atoms with Crippen LogP contribution in [0.2, 0.25) is 0 Å². The Morgan fingerprint density at radius 1 is 1.27 bits per heavy atom. The first-order chi connectivity index (χ1) is 6.83. The standard InChI is InChI=1S/C12H17NO.ClH/c1-3-7-11(2)13-14-10-12-8-5-4-6-9-12;/h4-6,8-9H,3,7,10H2,1-2H3;1H. The fourth-order valence-corrected chi connectivity index (χ4v) is 1.20. The van der Waals surface area contributed by atoms with Crippen LogP contribution in [0.1, 0.15) is 32.3 Å². The van der Waals surface area contributed by atoms with E-state index in [0.717, 1.165) is 24.1 Å². The van der Waals surface area contributed by atoms with Gasteiger partial charge in [0, 0.05) is 0 Å². The molecular weight excluding hydrogens is 210 g/mol. The predicted octanol–water partition coefficient (Wildman–Crippen LogP) is 3.80. The Labute approximate surface area is 97.7 Å². The van der Waals surface area contributed by atoms with Gasteiger partial charge in [-0.3, -0.25) is 0 Å². The highest BCUT2D eigenvalue weighted by Crippen LogP contribution is 2.01. The van der Waals surface area contributed by atoms with E-state index in [1.54, 1.807) is 0 Å². The van der Waals surface area contributed by atoms with Gasteiger partial charge in [-0.25, -0.2) is 0 Å². The molecule has 1 aromatic carbocycles. The van der Waals surface area contributed by atoms with Crippen molar-refractivity contribution in [3.63, 3.8) is 0 Å². The molecule has 0 fully saturated rings. The summed E-state index contributed by atoms with van der Waals surface area (Å²) in [6, 6.07) is 10.1. The topological polar surface area (TPSA) is 21.6 Å². The third-order valence-electron chi connectivity index (χ3n) is 1.91. The van der Waals surface area contributed by atoms with Gasteiger partial charge in [0.15, 0.2) is 0 Å². The molecular formula is C12H18ClNO. The Morgan fingerprint density at radius 3 is 2.53 bits per heavy atom. The Bertz CT molecular complexity index is 285. The van der Waals surface area contributed by atoms with Crippen molar-refractivity contribution in [2.75, 3.05) is 0 Å². The minimum atomic E-state index is 0. The second-order valence-electron chi connectivity index (χ2n) is 3.34. The highest BCUT2D eigenvalue weighted by Gasteiger charge is 1.91. The van der Waals surface area contributed by atoms with Crippen LogP contribution < -0.4 is 0 Å². The van der Waals surface area contributed by atoms with Crippen molar-refractivity contribution in [1.82, 2.24) is 0 Å². The van der Waals surface area contributed by atoms with Crippen molar-refractivity contribution in [1.29, 1.82) is 0 Å². The van der Waals surface area contributed by atoms with E-state index < -0.39 is 0 Å². The van der Waals surface area contributed by atoms with Gasteiger partial charge in [-0.2, -0.15) is 0 Å². The van der Waals surface area contributed by atoms with Gasteiger partial charge in [-0.1, -0.05) is 48.8 Å². The van der Waals surface area contributed by atoms with E-state index in [4.69, 9.17) is 4.84 Å². The number of oxime groups is 1. The zero-order chi connectivity index (χ0) is 10.2. The summed E-state index contributed by atoms with van der Waals surface area (Å²) in [6.07, 6.45) is 2.12. The molecule has 84 valence electrons. The van der Waals surface area contributed by atoms with Gasteiger partial charge < -0.3 is 4.84 Å². The molecule has 0 aromatic heterocycles. The van der Waals surface area contributed by atoms with Gasteiger partial charge in [-0.15, -0.1) is 12.4 Å². The summed E-state index contributed by atoms with van der Waals surface area (Å²) in [6.45, 7) is 4.69. The molecule has 1 aromatic rings. The molecule has 0 saturated heterocycles. The third-order valence-corrected chi connectivity index (χ3v) is 1.91. The van der Waals surface area contributed by atoms with Crippen molar-refractivity contribution < 1.29 is 4.84 Å². The number of hydrogen-bond acceptors (Lipinski definition) is 2. The van der Waals surface area contributed by atoms with Crippen molar-refractivity contribution in [3.8, 4) is 0 Å². The Hall–Kier alpha value is -1.02. The molecule has 3 heteroatoms. The highest BCUT2D eigenvalue weighted by molar-refractivity contribution is 5.85. The zero-order valence-electron chi connectivity index (χ0n) is 9.27. The lowest BCUT2D eigenvalue weighted by atomic mass is 10.2. The van der Waals surface area contributed by atoms with Crippen LogP contribution in [0.4, 0.5) is 0 Å². The largest absolute Gasteiger partial charge is 0.391 e. The number of nitrogens with zero attached hydrogens (tertiary/aromatic N) is 1. The number of benzene rings is 1. The van der Waals surface area contributed by atoms with Gasteiger partial charge in [0.25, 0.3) is 0 Å². The first-order valence-electron chi connectivity index (χ1n) is 5.02. The molecule has 0 spiro atoms. The van der Waals surface area contributed by atoms with Crippen LogP contribution in [-0.4, -0.2) is 5.71 Å². The summed E-state index contributed by atoms with van der Waals surface area (Å²) in [5.41, 5.74) is 2.21. The summed E-state index contributed by atoms with van der Waals surface area (Å²) in [4.78, 5) is 5.22. The van der Waals surface area contributed by atoms with E-state index >= 15 is 0 Å². The van der Waals surface area contributed by atoms with E-state index in [1.165, 1.54) is 0 Å². The molecule has 0 unspecified atom stereocenters. The van der Waals surface area contributed by atoms with Crippen LogP contribution in [0.15, 0.2) is 35.5 Å². The molecule has 0 bridgehead atoms. The fraction of sp³-hybridized carbons (Fsp3) is 0.417. The zero-order valence-corrected chi connectivity index (χ0v) is 10.1. The van der Waals surface area contributed by atoms with E-state index in [0.29, 0.717) is 6.61 Å². The fourth-order valence-electron chi connectivity index (χ4n) is 1.20. The second kappa shape index (κ2) is 8.30. The van der Waals surface area contributed by atoms with E-state index in [-0.39, 0.29) is 12.4 Å². The molecule has 0 radical (unpaired) electrons. The molecule has 0 heterocycles. The molecule has 0 atom stereocenters. The Morgan fingerprint density at radius 2 is 1.93 bits per heavy atom. The third kappa shape index (κ3) is 6.13. The van der Waals surface area contributed by atoms with Gasteiger partial charge in [0.2, 0.25) is 0 Å². The van der Waals surface area contributed by atoms with Gasteiger partial charge in [-0.05, 0) is 18.9 Å². The molecule has 0 aliphatic heterocycles. The van der Waals surface area contributed by atoms with Gasteiger partial charge >= 0.3 is 0 Å². The summed E-state index contributed by atoms with van der Waals surface area (Å²) in [7, 11) is 0. The molecule has 1 rings (SSSR count). The van der Waals surface area contributed by atoms with Crippen molar-refractivity contribution in [3.05, 3.63) is 35.9 Å². The van der Waals surface area contributed by atoms with Crippen LogP contribution >= 0.6 is 12.4 Å². The quantitative estimate of drug-likeness (QED) is 0.554. The lowest BCUT2D eigenvalue weighted by Crippen LogP contribution is -1.93. The van der Waals surface area contributed by atoms with Crippen LogP contribution in [0.5, 0.6) is 0 Å². The lowest BCUT2D eigenvalue weighted by Gasteiger charge is -2.00. The highest BCUT2D eigenvalue weighted by atomic mass is 35.5. The molecule has 0 saturated carbocycles. The molecule has 15 heavy (non-hydrogen) atoms. The Kier molecular flexibility index (Phi) is 7.74. The van der Waals surface area contributed by atoms with Gasteiger partial charge in [0.1, 0.15) is 6.61 Å². The molecule has 0 aliphatic rings. The maximum Gasteiger partial charge on any atom is 0.142 e. The average molecular weight is 228 g/mol. The van der Waals surface area contributed by atoms with Crippen LogP contribution in [0.3, 0.4) is 0 Å². The minimum Gasteiger partial charge on any atom is -0.391 e. The van der Waals surface area contributed by atoms with Crippen molar-refractivity contribution in [2.45, 2.75) is 33.3 Å². The first kappa shape index (κ1) is 14.0. The minimum absolute atomic E-state index is 0. The SMILES string of the molecule is CCCC(C)=NOCc1ccccc1.Cl.